The van der Waals surface area contributed by atoms with Crippen molar-refractivity contribution in [3.63, 3.8) is 0 Å². The van der Waals surface area contributed by atoms with Crippen molar-refractivity contribution < 1.29 is 45.8 Å². The number of hydrogen-bond acceptors (Lipinski definition) is 6. The summed E-state index contributed by atoms with van der Waals surface area (Å²) in [6.07, 6.45) is -6.58. The maximum atomic E-state index is 13.6. The number of rotatable bonds is 6. The molecular formula is C24H25F3N2O7S. The molecule has 1 saturated carbocycles. The monoisotopic (exact) mass is 542 g/mol. The Labute approximate surface area is 211 Å². The molecule has 4 rings (SSSR count). The van der Waals surface area contributed by atoms with Crippen molar-refractivity contribution in [1.82, 2.24) is 0 Å². The second-order valence-electron chi connectivity index (χ2n) is 9.55. The van der Waals surface area contributed by atoms with Gasteiger partial charge in [0.2, 0.25) is 5.60 Å². The topological polar surface area (TPSA) is 122 Å². The van der Waals surface area contributed by atoms with Crippen LogP contribution < -0.4 is 14.4 Å². The summed E-state index contributed by atoms with van der Waals surface area (Å²) in [6.45, 7) is 3.01. The van der Waals surface area contributed by atoms with Crippen molar-refractivity contribution in [3.05, 3.63) is 48.0 Å². The van der Waals surface area contributed by atoms with E-state index in [1.54, 1.807) is 19.1 Å². The Kier molecular flexibility index (Phi) is 6.55. The predicted molar refractivity (Wildman–Crippen MR) is 126 cm³/mol. The van der Waals surface area contributed by atoms with E-state index in [-0.39, 0.29) is 28.6 Å². The van der Waals surface area contributed by atoms with Crippen LogP contribution in [0.15, 0.2) is 47.4 Å². The van der Waals surface area contributed by atoms with Crippen molar-refractivity contribution in [2.75, 3.05) is 16.2 Å². The van der Waals surface area contributed by atoms with Crippen LogP contribution >= 0.6 is 0 Å². The summed E-state index contributed by atoms with van der Waals surface area (Å²) < 4.78 is 78.0. The molecule has 1 aliphatic carbocycles. The van der Waals surface area contributed by atoms with Crippen molar-refractivity contribution in [2.24, 2.45) is 11.8 Å². The summed E-state index contributed by atoms with van der Waals surface area (Å²) >= 11 is 0. The lowest BCUT2D eigenvalue weighted by Gasteiger charge is -2.36. The summed E-state index contributed by atoms with van der Waals surface area (Å²) in [7, 11) is -4.15. The molecular weight excluding hydrogens is 517 g/mol. The molecule has 0 aromatic heterocycles. The van der Waals surface area contributed by atoms with E-state index in [9.17, 15) is 36.3 Å². The molecule has 1 fully saturated rings. The molecule has 0 saturated heterocycles. The largest absolute Gasteiger partial charge is 0.486 e. The van der Waals surface area contributed by atoms with E-state index >= 15 is 0 Å². The van der Waals surface area contributed by atoms with E-state index in [0.29, 0.717) is 20.3 Å². The molecule has 9 nitrogen and oxygen atoms in total. The van der Waals surface area contributed by atoms with E-state index in [0.717, 1.165) is 9.87 Å². The molecule has 1 amide bonds. The van der Waals surface area contributed by atoms with Crippen LogP contribution in [0.5, 0.6) is 5.75 Å². The molecule has 0 bridgehead atoms. The number of carbonyl (C=O) groups is 2. The minimum absolute atomic E-state index is 0.0139. The van der Waals surface area contributed by atoms with Crippen LogP contribution in [0, 0.1) is 18.8 Å². The first kappa shape index (κ1) is 26.6. The third-order valence-corrected chi connectivity index (χ3v) is 8.17. The van der Waals surface area contributed by atoms with Crippen LogP contribution in [0.2, 0.25) is 0 Å². The van der Waals surface area contributed by atoms with Gasteiger partial charge in [0, 0.05) is 11.6 Å². The van der Waals surface area contributed by atoms with E-state index < -0.39 is 51.8 Å². The molecule has 3 atom stereocenters. The van der Waals surface area contributed by atoms with Gasteiger partial charge in [-0.05, 0) is 57.5 Å². The van der Waals surface area contributed by atoms with Gasteiger partial charge in [0.25, 0.3) is 10.0 Å². The van der Waals surface area contributed by atoms with Gasteiger partial charge in [0.1, 0.15) is 11.9 Å². The zero-order chi connectivity index (χ0) is 27.3. The highest BCUT2D eigenvalue weighted by molar-refractivity contribution is 7.92. The highest BCUT2D eigenvalue weighted by Crippen LogP contribution is 2.48. The predicted octanol–water partition coefficient (Wildman–Crippen LogP) is 4.56. The zero-order valence-corrected chi connectivity index (χ0v) is 20.9. The van der Waals surface area contributed by atoms with Crippen LogP contribution in [0.4, 0.5) is 29.3 Å². The number of ether oxygens (including phenoxy) is 2. The number of carboxylic acid groups (broad SMARTS) is 1. The van der Waals surface area contributed by atoms with Gasteiger partial charge in [0.15, 0.2) is 0 Å². The van der Waals surface area contributed by atoms with Crippen molar-refractivity contribution >= 4 is 33.5 Å². The quantitative estimate of drug-likeness (QED) is 0.549. The van der Waals surface area contributed by atoms with Crippen molar-refractivity contribution in [2.45, 2.75) is 50.0 Å². The third-order valence-electron chi connectivity index (χ3n) is 6.37. The number of nitrogens with zero attached hydrogens (tertiary/aromatic N) is 1. The number of sulfonamides is 1. The van der Waals surface area contributed by atoms with E-state index in [2.05, 4.69) is 10.1 Å². The average molecular weight is 543 g/mol. The summed E-state index contributed by atoms with van der Waals surface area (Å²) in [5.74, 6) is -1.91. The summed E-state index contributed by atoms with van der Waals surface area (Å²) in [6, 6.07) is 10.1. The van der Waals surface area contributed by atoms with Crippen molar-refractivity contribution in [1.29, 1.82) is 0 Å². The van der Waals surface area contributed by atoms with E-state index in [4.69, 9.17) is 4.74 Å². The van der Waals surface area contributed by atoms with Crippen LogP contribution in [-0.2, 0) is 19.6 Å². The van der Waals surface area contributed by atoms with Gasteiger partial charge in [-0.25, -0.2) is 13.2 Å². The average Bonchev–Trinajstić information content (AvgIpc) is 3.59. The van der Waals surface area contributed by atoms with Gasteiger partial charge in [-0.2, -0.15) is 13.2 Å². The van der Waals surface area contributed by atoms with Crippen molar-refractivity contribution in [3.8, 4) is 5.75 Å². The number of benzene rings is 2. The minimum atomic E-state index is -4.81. The van der Waals surface area contributed by atoms with Crippen LogP contribution in [-0.4, -0.2) is 50.0 Å². The SMILES string of the molecule is Cc1ccc(S(=O)(=O)N2C[C@H]([C@H]3C[C@@H]3C(=O)O)Oc3ccc(NC(=O)OC(C)(C)C(F)(F)F)cc32)cc1. The fraction of sp³-hybridized carbons (Fsp3) is 0.417. The Morgan fingerprint density at radius 3 is 2.35 bits per heavy atom. The number of carbonyl (C=O) groups excluding carboxylic acids is 1. The summed E-state index contributed by atoms with van der Waals surface area (Å²) in [5, 5.41) is 11.5. The maximum Gasteiger partial charge on any atom is 0.427 e. The second kappa shape index (κ2) is 9.12. The van der Waals surface area contributed by atoms with Crippen LogP contribution in [0.1, 0.15) is 25.8 Å². The maximum absolute atomic E-state index is 13.6. The van der Waals surface area contributed by atoms with Crippen LogP contribution in [0.25, 0.3) is 0 Å². The lowest BCUT2D eigenvalue weighted by atomic mass is 10.1. The Bertz CT molecular complexity index is 1330. The number of halogens is 3. The standard InChI is InChI=1S/C24H25F3N2O7S/c1-13-4-7-15(8-5-13)37(33,34)29-12-20(16-11-17(16)21(30)31)35-19-9-6-14(10-18(19)29)28-22(32)36-23(2,3)24(25,26)27/h4-10,16-17,20H,11-12H2,1-3H3,(H,28,32)(H,30,31)/t16-,17-,20+/m0/s1. The molecule has 200 valence electrons. The number of anilines is 2. The number of aliphatic carboxylic acids is 1. The highest BCUT2D eigenvalue weighted by Gasteiger charge is 2.52. The number of amides is 1. The molecule has 0 unspecified atom stereocenters. The summed E-state index contributed by atoms with van der Waals surface area (Å²) in [5.41, 5.74) is -1.90. The van der Waals surface area contributed by atoms with Crippen LogP contribution in [0.3, 0.4) is 0 Å². The van der Waals surface area contributed by atoms with E-state index in [1.165, 1.54) is 30.3 Å². The Morgan fingerprint density at radius 2 is 1.78 bits per heavy atom. The number of hydrogen-bond donors (Lipinski definition) is 2. The highest BCUT2D eigenvalue weighted by atomic mass is 32.2. The Hall–Kier alpha value is -3.48. The van der Waals surface area contributed by atoms with Gasteiger partial charge in [0.05, 0.1) is 23.0 Å². The molecule has 1 aliphatic heterocycles. The normalized spacial score (nSPS) is 21.5. The number of nitrogens with one attached hydrogen (secondary N) is 1. The first-order valence-corrected chi connectivity index (χ1v) is 12.7. The number of fused-ring (bicyclic) bond motifs is 1. The molecule has 13 heteroatoms. The Morgan fingerprint density at radius 1 is 1.14 bits per heavy atom. The lowest BCUT2D eigenvalue weighted by molar-refractivity contribution is -0.242. The molecule has 2 N–H and O–H groups in total. The first-order chi connectivity index (χ1) is 17.1. The number of aryl methyl sites for hydroxylation is 1. The molecule has 0 spiro atoms. The fourth-order valence-electron chi connectivity index (χ4n) is 3.98. The lowest BCUT2D eigenvalue weighted by Crippen LogP contribution is -2.45. The fourth-order valence-corrected chi connectivity index (χ4v) is 5.46. The van der Waals surface area contributed by atoms with Gasteiger partial charge in [-0.15, -0.1) is 0 Å². The van der Waals surface area contributed by atoms with Gasteiger partial charge >= 0.3 is 18.2 Å². The van der Waals surface area contributed by atoms with Gasteiger partial charge < -0.3 is 14.6 Å². The zero-order valence-electron chi connectivity index (χ0n) is 20.1. The summed E-state index contributed by atoms with van der Waals surface area (Å²) in [4.78, 5) is 23.5. The smallest absolute Gasteiger partial charge is 0.427 e. The molecule has 1 heterocycles. The molecule has 37 heavy (non-hydrogen) atoms. The minimum Gasteiger partial charge on any atom is -0.486 e. The third kappa shape index (κ3) is 5.31. The molecule has 0 radical (unpaired) electrons. The number of alkyl halides is 3. The molecule has 2 aliphatic rings. The molecule has 2 aromatic rings. The number of carboxylic acids is 1. The van der Waals surface area contributed by atoms with E-state index in [1.807, 2.05) is 0 Å². The van der Waals surface area contributed by atoms with Gasteiger partial charge in [-0.3, -0.25) is 14.4 Å². The Balaban J connectivity index is 1.66. The molecule has 2 aromatic carbocycles. The second-order valence-corrected chi connectivity index (χ2v) is 11.4. The first-order valence-electron chi connectivity index (χ1n) is 11.3. The van der Waals surface area contributed by atoms with Gasteiger partial charge in [-0.1, -0.05) is 17.7 Å².